The summed E-state index contributed by atoms with van der Waals surface area (Å²) in [4.78, 5) is 12.5. The molecule has 0 heterocycles. The van der Waals surface area contributed by atoms with E-state index in [0.717, 1.165) is 32.1 Å². The molecule has 27 heavy (non-hydrogen) atoms. The zero-order valence-electron chi connectivity index (χ0n) is 19.3. The van der Waals surface area contributed by atoms with Gasteiger partial charge in [-0.1, -0.05) is 40.2 Å². The van der Waals surface area contributed by atoms with Crippen LogP contribution in [0.4, 0.5) is 0 Å². The lowest BCUT2D eigenvalue weighted by atomic mass is 9.62. The molecule has 2 aliphatic carbocycles. The predicted octanol–water partition coefficient (Wildman–Crippen LogP) is 7.15. The van der Waals surface area contributed by atoms with Gasteiger partial charge in [0.1, 0.15) is 5.78 Å². The average Bonchev–Trinajstić information content (AvgIpc) is 2.83. The Hall–Kier alpha value is -0.413. The van der Waals surface area contributed by atoms with E-state index in [4.69, 9.17) is 4.43 Å². The fraction of sp³-hybridized carbons (Fsp3) is 0.875. The monoisotopic (exact) mass is 392 g/mol. The van der Waals surface area contributed by atoms with Crippen molar-refractivity contribution in [1.82, 2.24) is 0 Å². The van der Waals surface area contributed by atoms with Gasteiger partial charge >= 0.3 is 0 Å². The number of rotatable bonds is 7. The van der Waals surface area contributed by atoms with Crippen molar-refractivity contribution in [3.05, 3.63) is 12.2 Å². The van der Waals surface area contributed by atoms with E-state index in [1.54, 1.807) is 0 Å². The minimum atomic E-state index is -1.80. The first-order valence-corrected chi connectivity index (χ1v) is 14.0. The molecule has 0 aliphatic heterocycles. The van der Waals surface area contributed by atoms with Crippen molar-refractivity contribution >= 4 is 14.1 Å². The Balaban J connectivity index is 2.13. The van der Waals surface area contributed by atoms with Crippen LogP contribution < -0.4 is 0 Å². The summed E-state index contributed by atoms with van der Waals surface area (Å²) in [6, 6.07) is 0. The van der Waals surface area contributed by atoms with Crippen LogP contribution in [0.5, 0.6) is 0 Å². The van der Waals surface area contributed by atoms with E-state index in [-0.39, 0.29) is 16.6 Å². The molecule has 5 atom stereocenters. The molecule has 5 unspecified atom stereocenters. The number of carbonyl (C=O) groups is 1. The summed E-state index contributed by atoms with van der Waals surface area (Å²) in [5.41, 5.74) is 1.44. The van der Waals surface area contributed by atoms with Crippen molar-refractivity contribution in [2.24, 2.45) is 23.2 Å². The van der Waals surface area contributed by atoms with E-state index >= 15 is 0 Å². The lowest BCUT2D eigenvalue weighted by Crippen LogP contribution is -2.45. The van der Waals surface area contributed by atoms with Crippen LogP contribution in [0, 0.1) is 23.2 Å². The van der Waals surface area contributed by atoms with Crippen LogP contribution in [0.1, 0.15) is 86.5 Å². The van der Waals surface area contributed by atoms with Crippen molar-refractivity contribution in [3.8, 4) is 0 Å². The summed E-state index contributed by atoms with van der Waals surface area (Å²) in [5, 5.41) is 0.226. The second-order valence-electron chi connectivity index (χ2n) is 11.4. The number of ketones is 1. The molecule has 3 heteroatoms. The molecule has 0 spiro atoms. The second-order valence-corrected chi connectivity index (χ2v) is 16.2. The molecular weight excluding hydrogens is 348 g/mol. The molecule has 0 bridgehead atoms. The standard InChI is InChI=1S/C24H44O2Si/c1-17(2)15-19(26-27(8,9)23(4,5)6)16-18(3)20-12-13-21-22(25)11-10-14-24(20,21)7/h18-21H,1,10-16H2,2-9H3. The summed E-state index contributed by atoms with van der Waals surface area (Å²) in [6.45, 7) is 22.8. The minimum absolute atomic E-state index is 0.222. The maximum absolute atomic E-state index is 12.5. The summed E-state index contributed by atoms with van der Waals surface area (Å²) < 4.78 is 6.84. The predicted molar refractivity (Wildman–Crippen MR) is 118 cm³/mol. The quantitative estimate of drug-likeness (QED) is 0.339. The van der Waals surface area contributed by atoms with Gasteiger partial charge in [0.15, 0.2) is 8.32 Å². The van der Waals surface area contributed by atoms with E-state index in [0.29, 0.717) is 23.5 Å². The maximum Gasteiger partial charge on any atom is 0.192 e. The topological polar surface area (TPSA) is 26.3 Å². The second kappa shape index (κ2) is 8.14. The molecule has 2 rings (SSSR count). The van der Waals surface area contributed by atoms with E-state index < -0.39 is 8.32 Å². The van der Waals surface area contributed by atoms with E-state index in [1.165, 1.54) is 18.4 Å². The Morgan fingerprint density at radius 1 is 1.33 bits per heavy atom. The highest BCUT2D eigenvalue weighted by Gasteiger charge is 2.52. The number of Topliss-reactive ketones (excluding diaryl/α,β-unsaturated/α-hetero) is 1. The van der Waals surface area contributed by atoms with Gasteiger partial charge in [0.25, 0.3) is 0 Å². The maximum atomic E-state index is 12.5. The molecule has 2 fully saturated rings. The summed E-state index contributed by atoms with van der Waals surface area (Å²) in [6.07, 6.45) is 7.78. The van der Waals surface area contributed by atoms with Crippen LogP contribution in [0.25, 0.3) is 0 Å². The fourth-order valence-corrected chi connectivity index (χ4v) is 7.01. The van der Waals surface area contributed by atoms with Crippen LogP contribution in [0.3, 0.4) is 0 Å². The fourth-order valence-electron chi connectivity index (χ4n) is 5.64. The molecule has 2 nitrogen and oxygen atoms in total. The number of hydrogen-bond donors (Lipinski definition) is 0. The van der Waals surface area contributed by atoms with Gasteiger partial charge in [-0.05, 0) is 80.8 Å². The molecule has 0 aromatic heterocycles. The van der Waals surface area contributed by atoms with Gasteiger partial charge in [0.2, 0.25) is 0 Å². The van der Waals surface area contributed by atoms with Gasteiger partial charge in [-0.15, -0.1) is 6.58 Å². The zero-order chi connectivity index (χ0) is 20.6. The van der Waals surface area contributed by atoms with Gasteiger partial charge in [0.05, 0.1) is 0 Å². The molecule has 156 valence electrons. The zero-order valence-corrected chi connectivity index (χ0v) is 20.3. The van der Waals surface area contributed by atoms with Crippen molar-refractivity contribution in [2.45, 2.75) is 111 Å². The van der Waals surface area contributed by atoms with Gasteiger partial charge in [0, 0.05) is 18.4 Å². The average molecular weight is 393 g/mol. The normalized spacial score (nSPS) is 31.5. The Kier molecular flexibility index (Phi) is 6.90. The van der Waals surface area contributed by atoms with E-state index in [2.05, 4.69) is 61.2 Å². The van der Waals surface area contributed by atoms with E-state index in [9.17, 15) is 4.79 Å². The molecule has 0 aromatic rings. The Bertz CT molecular complexity index is 559. The highest BCUT2D eigenvalue weighted by molar-refractivity contribution is 6.74. The number of fused-ring (bicyclic) bond motifs is 1. The van der Waals surface area contributed by atoms with Gasteiger partial charge in [-0.2, -0.15) is 0 Å². The van der Waals surface area contributed by atoms with Crippen LogP contribution in [-0.2, 0) is 9.22 Å². The third kappa shape index (κ3) is 4.96. The van der Waals surface area contributed by atoms with Crippen LogP contribution in [-0.4, -0.2) is 20.2 Å². The third-order valence-corrected chi connectivity index (χ3v) is 12.6. The first kappa shape index (κ1) is 22.9. The van der Waals surface area contributed by atoms with Gasteiger partial charge < -0.3 is 4.43 Å². The lowest BCUT2D eigenvalue weighted by Gasteiger charge is -2.44. The molecule has 2 saturated carbocycles. The largest absolute Gasteiger partial charge is 0.414 e. The first-order valence-electron chi connectivity index (χ1n) is 11.1. The number of carbonyl (C=O) groups excluding carboxylic acids is 1. The highest BCUT2D eigenvalue weighted by Crippen LogP contribution is 2.57. The molecule has 0 N–H and O–H groups in total. The lowest BCUT2D eigenvalue weighted by molar-refractivity contribution is -0.130. The van der Waals surface area contributed by atoms with Crippen LogP contribution >= 0.6 is 0 Å². The number of hydrogen-bond acceptors (Lipinski definition) is 2. The van der Waals surface area contributed by atoms with Crippen molar-refractivity contribution in [3.63, 3.8) is 0 Å². The molecule has 2 aliphatic rings. The first-order chi connectivity index (χ1) is 12.3. The third-order valence-electron chi connectivity index (χ3n) is 8.10. The van der Waals surface area contributed by atoms with Crippen molar-refractivity contribution in [1.29, 1.82) is 0 Å². The van der Waals surface area contributed by atoms with Gasteiger partial charge in [-0.3, -0.25) is 4.79 Å². The Morgan fingerprint density at radius 2 is 1.96 bits per heavy atom. The van der Waals surface area contributed by atoms with Crippen molar-refractivity contribution < 1.29 is 9.22 Å². The summed E-state index contributed by atoms with van der Waals surface area (Å²) in [7, 11) is -1.80. The highest BCUT2D eigenvalue weighted by atomic mass is 28.4. The summed E-state index contributed by atoms with van der Waals surface area (Å²) >= 11 is 0. The Labute approximate surface area is 169 Å². The van der Waals surface area contributed by atoms with Crippen LogP contribution in [0.2, 0.25) is 18.1 Å². The smallest absolute Gasteiger partial charge is 0.192 e. The molecule has 0 radical (unpaired) electrons. The van der Waals surface area contributed by atoms with Gasteiger partial charge in [-0.25, -0.2) is 0 Å². The molecule has 0 aromatic carbocycles. The van der Waals surface area contributed by atoms with E-state index in [1.807, 2.05) is 0 Å². The summed E-state index contributed by atoms with van der Waals surface area (Å²) in [5.74, 6) is 2.11. The molecular formula is C24H44O2Si. The molecule has 0 saturated heterocycles. The SMILES string of the molecule is C=C(C)CC(CC(C)C1CCC2C(=O)CCCC21C)O[Si](C)(C)C(C)(C)C. The van der Waals surface area contributed by atoms with Crippen molar-refractivity contribution in [2.75, 3.05) is 0 Å². The molecule has 0 amide bonds. The van der Waals surface area contributed by atoms with Crippen LogP contribution in [0.15, 0.2) is 12.2 Å². The minimum Gasteiger partial charge on any atom is -0.414 e. The Morgan fingerprint density at radius 3 is 2.52 bits per heavy atom.